The first-order chi connectivity index (χ1) is 9.11. The number of hydrogen-bond donors (Lipinski definition) is 0. The zero-order valence-electron chi connectivity index (χ0n) is 13.5. The van der Waals surface area contributed by atoms with E-state index in [1.807, 2.05) is 32.0 Å². The van der Waals surface area contributed by atoms with Crippen molar-refractivity contribution in [3.8, 4) is 0 Å². The second kappa shape index (κ2) is 6.72. The number of carbonyl (C=O) groups excluding carboxylic acids is 1. The van der Waals surface area contributed by atoms with Crippen molar-refractivity contribution in [2.24, 2.45) is 11.3 Å². The molecule has 1 aromatic carbocycles. The third-order valence-corrected chi connectivity index (χ3v) is 5.28. The Morgan fingerprint density at radius 2 is 1.70 bits per heavy atom. The van der Waals surface area contributed by atoms with Crippen molar-refractivity contribution in [1.29, 1.82) is 0 Å². The number of benzene rings is 1. The number of aryl methyl sites for hydroxylation is 2. The van der Waals surface area contributed by atoms with Crippen molar-refractivity contribution in [2.75, 3.05) is 6.16 Å². The van der Waals surface area contributed by atoms with Crippen LogP contribution in [0.1, 0.15) is 55.6 Å². The molecule has 3 heteroatoms. The lowest BCUT2D eigenvalue weighted by Crippen LogP contribution is -2.14. The molecule has 0 aliphatic heterocycles. The highest BCUT2D eigenvalue weighted by atomic mass is 31.1. The van der Waals surface area contributed by atoms with Crippen molar-refractivity contribution in [1.82, 2.24) is 0 Å². The molecule has 0 saturated carbocycles. The molecular weight excluding hydrogens is 267 g/mol. The number of hydrogen-bond acceptors (Lipinski definition) is 2. The lowest BCUT2D eigenvalue weighted by atomic mass is 9.86. The van der Waals surface area contributed by atoms with Crippen LogP contribution in [0.3, 0.4) is 0 Å². The average Bonchev–Trinajstić information content (AvgIpc) is 2.25. The lowest BCUT2D eigenvalue weighted by molar-refractivity contribution is 0.107. The van der Waals surface area contributed by atoms with Crippen molar-refractivity contribution in [2.45, 2.75) is 48.0 Å². The molecule has 0 saturated heterocycles. The summed E-state index contributed by atoms with van der Waals surface area (Å²) < 4.78 is 12.4. The third kappa shape index (κ3) is 4.90. The van der Waals surface area contributed by atoms with E-state index in [9.17, 15) is 9.36 Å². The Labute approximate surface area is 123 Å². The average molecular weight is 294 g/mol. The van der Waals surface area contributed by atoms with Crippen molar-refractivity contribution >= 4 is 13.3 Å². The molecule has 0 heterocycles. The molecule has 0 fully saturated rings. The van der Waals surface area contributed by atoms with Gasteiger partial charge in [-0.05, 0) is 42.7 Å². The molecule has 0 N–H and O–H groups in total. The van der Waals surface area contributed by atoms with Gasteiger partial charge in [0.05, 0.1) is 0 Å². The van der Waals surface area contributed by atoms with Crippen molar-refractivity contribution < 1.29 is 9.36 Å². The van der Waals surface area contributed by atoms with E-state index >= 15 is 0 Å². The van der Waals surface area contributed by atoms with E-state index in [4.69, 9.17) is 0 Å². The predicted octanol–water partition coefficient (Wildman–Crippen LogP) is 5.08. The molecular formula is C17H27O2P. The van der Waals surface area contributed by atoms with Gasteiger partial charge in [0.1, 0.15) is 7.80 Å². The number of carbonyl (C=O) groups is 1. The van der Waals surface area contributed by atoms with Gasteiger partial charge in [0, 0.05) is 11.7 Å². The quantitative estimate of drug-likeness (QED) is 0.710. The molecule has 20 heavy (non-hydrogen) atoms. The molecule has 1 rings (SSSR count). The maximum absolute atomic E-state index is 12.4. The minimum Gasteiger partial charge on any atom is -0.318 e. The maximum Gasteiger partial charge on any atom is 0.219 e. The zero-order chi connectivity index (χ0) is 15.5. The molecule has 0 aliphatic rings. The predicted molar refractivity (Wildman–Crippen MR) is 87.4 cm³/mol. The van der Waals surface area contributed by atoms with E-state index in [1.165, 1.54) is 0 Å². The van der Waals surface area contributed by atoms with Crippen LogP contribution in [0.15, 0.2) is 18.2 Å². The fourth-order valence-corrected chi connectivity index (χ4v) is 4.47. The van der Waals surface area contributed by atoms with Gasteiger partial charge in [-0.1, -0.05) is 45.9 Å². The lowest BCUT2D eigenvalue weighted by Gasteiger charge is -2.23. The van der Waals surface area contributed by atoms with Crippen LogP contribution >= 0.6 is 7.80 Å². The van der Waals surface area contributed by atoms with Crippen LogP contribution in [0, 0.1) is 25.2 Å². The second-order valence-corrected chi connectivity index (χ2v) is 8.80. The summed E-state index contributed by atoms with van der Waals surface area (Å²) in [6.45, 7) is 12.4. The molecule has 0 aliphatic carbocycles. The largest absolute Gasteiger partial charge is 0.318 e. The first-order valence-electron chi connectivity index (χ1n) is 7.25. The van der Waals surface area contributed by atoms with Crippen LogP contribution in [0.4, 0.5) is 0 Å². The molecule has 0 amide bonds. The molecule has 0 spiro atoms. The van der Waals surface area contributed by atoms with Gasteiger partial charge in [0.2, 0.25) is 5.52 Å². The second-order valence-electron chi connectivity index (χ2n) is 7.09. The SMILES string of the molecule is Cc1cccc(C)c1C(=O)[PH](=O)C[C@@H](C)CC(C)(C)C. The molecule has 0 radical (unpaired) electrons. The molecule has 1 unspecified atom stereocenters. The van der Waals surface area contributed by atoms with Crippen LogP contribution < -0.4 is 0 Å². The van der Waals surface area contributed by atoms with Gasteiger partial charge in [0.25, 0.3) is 0 Å². The smallest absolute Gasteiger partial charge is 0.219 e. The molecule has 2 atom stereocenters. The normalized spacial score (nSPS) is 14.9. The van der Waals surface area contributed by atoms with Gasteiger partial charge in [-0.3, -0.25) is 4.79 Å². The van der Waals surface area contributed by atoms with Crippen LogP contribution in [0.25, 0.3) is 0 Å². The third-order valence-electron chi connectivity index (χ3n) is 3.46. The van der Waals surface area contributed by atoms with Crippen molar-refractivity contribution in [3.63, 3.8) is 0 Å². The van der Waals surface area contributed by atoms with E-state index in [0.29, 0.717) is 17.6 Å². The minimum absolute atomic E-state index is 0.147. The fraction of sp³-hybridized carbons (Fsp3) is 0.588. The summed E-state index contributed by atoms with van der Waals surface area (Å²) in [5.41, 5.74) is 2.59. The molecule has 0 bridgehead atoms. The Morgan fingerprint density at radius 3 is 2.15 bits per heavy atom. The Hall–Kier alpha value is -0.880. The number of rotatable bonds is 5. The van der Waals surface area contributed by atoms with E-state index in [1.54, 1.807) is 0 Å². The van der Waals surface area contributed by atoms with Gasteiger partial charge in [-0.25, -0.2) is 0 Å². The van der Waals surface area contributed by atoms with E-state index in [2.05, 4.69) is 27.7 Å². The summed E-state index contributed by atoms with van der Waals surface area (Å²) in [7, 11) is -2.22. The van der Waals surface area contributed by atoms with Gasteiger partial charge in [0.15, 0.2) is 0 Å². The Morgan fingerprint density at radius 1 is 1.20 bits per heavy atom. The van der Waals surface area contributed by atoms with Gasteiger partial charge in [-0.15, -0.1) is 0 Å². The summed E-state index contributed by atoms with van der Waals surface area (Å²) in [4.78, 5) is 12.4. The summed E-state index contributed by atoms with van der Waals surface area (Å²) in [5.74, 6) is 0.315. The minimum atomic E-state index is -2.22. The van der Waals surface area contributed by atoms with Crippen LogP contribution in [0.5, 0.6) is 0 Å². The highest BCUT2D eigenvalue weighted by Gasteiger charge is 2.22. The van der Waals surface area contributed by atoms with Crippen LogP contribution in [-0.2, 0) is 4.57 Å². The highest BCUT2D eigenvalue weighted by molar-refractivity contribution is 7.64. The molecule has 0 aromatic heterocycles. The first-order valence-corrected chi connectivity index (χ1v) is 8.87. The van der Waals surface area contributed by atoms with Gasteiger partial charge in [-0.2, -0.15) is 0 Å². The molecule has 2 nitrogen and oxygen atoms in total. The maximum atomic E-state index is 12.4. The standard InChI is InChI=1S/C17H27O2P/c1-12(10-17(4,5)6)11-20(19)16(18)15-13(2)8-7-9-14(15)3/h7-9,12,20H,10-11H2,1-6H3/t12-/m0/s1. The highest BCUT2D eigenvalue weighted by Crippen LogP contribution is 2.35. The summed E-state index contributed by atoms with van der Waals surface area (Å²) in [6, 6.07) is 5.75. The Balaban J connectivity index is 2.81. The van der Waals surface area contributed by atoms with E-state index in [-0.39, 0.29) is 10.9 Å². The first kappa shape index (κ1) is 17.2. The van der Waals surface area contributed by atoms with Crippen LogP contribution in [-0.4, -0.2) is 11.7 Å². The zero-order valence-corrected chi connectivity index (χ0v) is 14.5. The Kier molecular flexibility index (Phi) is 5.77. The Bertz CT molecular complexity index is 492. The summed E-state index contributed by atoms with van der Waals surface area (Å²) in [5, 5.41) is 0. The molecule has 112 valence electrons. The monoisotopic (exact) mass is 294 g/mol. The van der Waals surface area contributed by atoms with E-state index < -0.39 is 7.80 Å². The fourth-order valence-electron chi connectivity index (χ4n) is 2.84. The van der Waals surface area contributed by atoms with Crippen LogP contribution in [0.2, 0.25) is 0 Å². The molecule has 1 aromatic rings. The van der Waals surface area contributed by atoms with Gasteiger partial charge < -0.3 is 4.57 Å². The summed E-state index contributed by atoms with van der Waals surface area (Å²) >= 11 is 0. The van der Waals surface area contributed by atoms with Gasteiger partial charge >= 0.3 is 0 Å². The van der Waals surface area contributed by atoms with E-state index in [0.717, 1.165) is 17.5 Å². The van der Waals surface area contributed by atoms with Crippen molar-refractivity contribution in [3.05, 3.63) is 34.9 Å². The topological polar surface area (TPSA) is 34.1 Å². The summed E-state index contributed by atoms with van der Waals surface area (Å²) in [6.07, 6.45) is 1.51.